The lowest BCUT2D eigenvalue weighted by Gasteiger charge is -2.19. The lowest BCUT2D eigenvalue weighted by Crippen LogP contribution is -2.23. The summed E-state index contributed by atoms with van der Waals surface area (Å²) in [6.45, 7) is 2.63. The van der Waals surface area contributed by atoms with Crippen LogP contribution in [-0.2, 0) is 4.74 Å². The number of benzene rings is 1. The second-order valence-electron chi connectivity index (χ2n) is 4.10. The number of rotatable bonds is 6. The van der Waals surface area contributed by atoms with Crippen LogP contribution in [0.1, 0.15) is 18.6 Å². The SMILES string of the molecule is COCCN(C)c1ccc([C@H](C)O)cc1[N+](=O)[O-]. The van der Waals surface area contributed by atoms with Crippen LogP contribution in [0.2, 0.25) is 0 Å². The van der Waals surface area contributed by atoms with E-state index in [1.807, 2.05) is 0 Å². The molecule has 1 aromatic carbocycles. The van der Waals surface area contributed by atoms with E-state index >= 15 is 0 Å². The summed E-state index contributed by atoms with van der Waals surface area (Å²) in [5, 5.41) is 20.5. The molecule has 0 unspecified atom stereocenters. The molecular formula is C12H18N2O4. The number of aliphatic hydroxyl groups is 1. The zero-order valence-electron chi connectivity index (χ0n) is 10.8. The Morgan fingerprint density at radius 3 is 2.72 bits per heavy atom. The molecule has 0 aliphatic heterocycles. The number of hydrogen-bond donors (Lipinski definition) is 1. The number of hydrogen-bond acceptors (Lipinski definition) is 5. The molecule has 6 nitrogen and oxygen atoms in total. The standard InChI is InChI=1S/C12H18N2O4/c1-9(15)10-4-5-11(12(8-10)14(16)17)13(2)6-7-18-3/h4-5,8-9,15H,6-7H2,1-3H3/t9-/m0/s1. The molecule has 1 rings (SSSR count). The number of likely N-dealkylation sites (N-methyl/N-ethyl adjacent to an activating group) is 1. The number of anilines is 1. The van der Waals surface area contributed by atoms with Crippen LogP contribution >= 0.6 is 0 Å². The average Bonchev–Trinajstić information content (AvgIpc) is 2.34. The maximum atomic E-state index is 11.0. The van der Waals surface area contributed by atoms with Crippen molar-refractivity contribution in [3.05, 3.63) is 33.9 Å². The van der Waals surface area contributed by atoms with Crippen LogP contribution in [0, 0.1) is 10.1 Å². The molecule has 18 heavy (non-hydrogen) atoms. The van der Waals surface area contributed by atoms with E-state index in [0.717, 1.165) is 0 Å². The minimum Gasteiger partial charge on any atom is -0.389 e. The normalized spacial score (nSPS) is 12.2. The van der Waals surface area contributed by atoms with E-state index in [1.165, 1.54) is 6.07 Å². The summed E-state index contributed by atoms with van der Waals surface area (Å²) in [5.41, 5.74) is 1.04. The number of aliphatic hydroxyl groups excluding tert-OH is 1. The second kappa shape index (κ2) is 6.32. The van der Waals surface area contributed by atoms with Crippen LogP contribution < -0.4 is 4.90 Å². The van der Waals surface area contributed by atoms with Gasteiger partial charge in [-0.05, 0) is 18.6 Å². The molecule has 0 radical (unpaired) electrons. The smallest absolute Gasteiger partial charge is 0.292 e. The van der Waals surface area contributed by atoms with Crippen molar-refractivity contribution < 1.29 is 14.8 Å². The quantitative estimate of drug-likeness (QED) is 0.618. The summed E-state index contributed by atoms with van der Waals surface area (Å²) in [6.07, 6.45) is -0.720. The molecule has 100 valence electrons. The number of nitro groups is 1. The lowest BCUT2D eigenvalue weighted by molar-refractivity contribution is -0.384. The van der Waals surface area contributed by atoms with Gasteiger partial charge in [0.15, 0.2) is 0 Å². The van der Waals surface area contributed by atoms with Crippen molar-refractivity contribution in [2.45, 2.75) is 13.0 Å². The summed E-state index contributed by atoms with van der Waals surface area (Å²) in [6, 6.07) is 4.75. The van der Waals surface area contributed by atoms with Gasteiger partial charge in [0.05, 0.1) is 17.6 Å². The van der Waals surface area contributed by atoms with Crippen molar-refractivity contribution in [3.63, 3.8) is 0 Å². The predicted octanol–water partition coefficient (Wildman–Crippen LogP) is 1.73. The fraction of sp³-hybridized carbons (Fsp3) is 0.500. The number of ether oxygens (including phenoxy) is 1. The monoisotopic (exact) mass is 254 g/mol. The third-order valence-corrected chi connectivity index (χ3v) is 2.72. The van der Waals surface area contributed by atoms with Gasteiger partial charge in [0.1, 0.15) is 5.69 Å². The van der Waals surface area contributed by atoms with E-state index in [4.69, 9.17) is 4.74 Å². The van der Waals surface area contributed by atoms with Crippen LogP contribution in [0.15, 0.2) is 18.2 Å². The van der Waals surface area contributed by atoms with Gasteiger partial charge in [-0.3, -0.25) is 10.1 Å². The summed E-state index contributed by atoms with van der Waals surface area (Å²) in [4.78, 5) is 12.4. The molecule has 1 aromatic rings. The molecule has 0 amide bonds. The highest BCUT2D eigenvalue weighted by molar-refractivity contribution is 5.64. The number of methoxy groups -OCH3 is 1. The Labute approximate surface area is 106 Å². The summed E-state index contributed by atoms with van der Waals surface area (Å²) >= 11 is 0. The molecule has 0 aliphatic rings. The van der Waals surface area contributed by atoms with Crippen molar-refractivity contribution in [1.82, 2.24) is 0 Å². The number of nitrogens with zero attached hydrogens (tertiary/aromatic N) is 2. The molecule has 0 aromatic heterocycles. The maximum absolute atomic E-state index is 11.0. The van der Waals surface area contributed by atoms with Crippen molar-refractivity contribution in [3.8, 4) is 0 Å². The van der Waals surface area contributed by atoms with Gasteiger partial charge in [-0.2, -0.15) is 0 Å². The summed E-state index contributed by atoms with van der Waals surface area (Å²) in [5.74, 6) is 0. The average molecular weight is 254 g/mol. The Morgan fingerprint density at radius 1 is 1.56 bits per heavy atom. The van der Waals surface area contributed by atoms with Crippen LogP contribution in [-0.4, -0.2) is 37.3 Å². The molecule has 0 aliphatic carbocycles. The van der Waals surface area contributed by atoms with Crippen molar-refractivity contribution >= 4 is 11.4 Å². The molecule has 0 fully saturated rings. The van der Waals surface area contributed by atoms with Crippen LogP contribution in [0.3, 0.4) is 0 Å². The third-order valence-electron chi connectivity index (χ3n) is 2.72. The first kappa shape index (κ1) is 14.4. The lowest BCUT2D eigenvalue weighted by atomic mass is 10.1. The van der Waals surface area contributed by atoms with Gasteiger partial charge in [0.2, 0.25) is 0 Å². The summed E-state index contributed by atoms with van der Waals surface area (Å²) in [7, 11) is 3.35. The molecular weight excluding hydrogens is 236 g/mol. The Bertz CT molecular complexity index is 421. The first-order valence-corrected chi connectivity index (χ1v) is 5.63. The Balaban J connectivity index is 3.07. The zero-order valence-corrected chi connectivity index (χ0v) is 10.8. The largest absolute Gasteiger partial charge is 0.389 e. The third kappa shape index (κ3) is 3.41. The van der Waals surface area contributed by atoms with E-state index in [1.54, 1.807) is 38.1 Å². The molecule has 6 heteroatoms. The van der Waals surface area contributed by atoms with Gasteiger partial charge in [0.25, 0.3) is 5.69 Å². The highest BCUT2D eigenvalue weighted by atomic mass is 16.6. The van der Waals surface area contributed by atoms with Crippen molar-refractivity contribution in [1.29, 1.82) is 0 Å². The van der Waals surface area contributed by atoms with Gasteiger partial charge in [-0.1, -0.05) is 6.07 Å². The van der Waals surface area contributed by atoms with Crippen molar-refractivity contribution in [2.24, 2.45) is 0 Å². The fourth-order valence-corrected chi connectivity index (χ4v) is 1.62. The molecule has 0 bridgehead atoms. The van der Waals surface area contributed by atoms with Crippen LogP contribution in [0.4, 0.5) is 11.4 Å². The van der Waals surface area contributed by atoms with E-state index < -0.39 is 11.0 Å². The minimum absolute atomic E-state index is 0.00740. The van der Waals surface area contributed by atoms with Gasteiger partial charge >= 0.3 is 0 Å². The number of nitro benzene ring substituents is 1. The molecule has 0 saturated carbocycles. The first-order valence-electron chi connectivity index (χ1n) is 5.63. The maximum Gasteiger partial charge on any atom is 0.292 e. The van der Waals surface area contributed by atoms with Gasteiger partial charge in [-0.25, -0.2) is 0 Å². The molecule has 1 N–H and O–H groups in total. The van der Waals surface area contributed by atoms with Crippen molar-refractivity contribution in [2.75, 3.05) is 32.2 Å². The first-order chi connectivity index (χ1) is 8.47. The molecule has 0 spiro atoms. The molecule has 1 atom stereocenters. The molecule has 0 saturated heterocycles. The van der Waals surface area contributed by atoms with Gasteiger partial charge in [-0.15, -0.1) is 0 Å². The second-order valence-corrected chi connectivity index (χ2v) is 4.10. The van der Waals surface area contributed by atoms with E-state index in [2.05, 4.69) is 0 Å². The van der Waals surface area contributed by atoms with E-state index in [0.29, 0.717) is 24.4 Å². The highest BCUT2D eigenvalue weighted by Gasteiger charge is 2.18. The summed E-state index contributed by atoms with van der Waals surface area (Å²) < 4.78 is 4.94. The van der Waals surface area contributed by atoms with Gasteiger partial charge < -0.3 is 14.7 Å². The Kier molecular flexibility index (Phi) is 5.06. The van der Waals surface area contributed by atoms with Crippen LogP contribution in [0.5, 0.6) is 0 Å². The fourth-order valence-electron chi connectivity index (χ4n) is 1.62. The topological polar surface area (TPSA) is 75.8 Å². The minimum atomic E-state index is -0.720. The highest BCUT2D eigenvalue weighted by Crippen LogP contribution is 2.30. The van der Waals surface area contributed by atoms with Crippen LogP contribution in [0.25, 0.3) is 0 Å². The Hall–Kier alpha value is -1.66. The van der Waals surface area contributed by atoms with E-state index in [9.17, 15) is 15.2 Å². The predicted molar refractivity (Wildman–Crippen MR) is 68.9 cm³/mol. The molecule has 0 heterocycles. The zero-order chi connectivity index (χ0) is 13.7. The van der Waals surface area contributed by atoms with E-state index in [-0.39, 0.29) is 5.69 Å². The Morgan fingerprint density at radius 2 is 2.22 bits per heavy atom. The van der Waals surface area contributed by atoms with Gasteiger partial charge in [0, 0.05) is 26.8 Å².